The molecule has 1 unspecified atom stereocenters. The van der Waals surface area contributed by atoms with Gasteiger partial charge in [0.05, 0.1) is 29.5 Å². The zero-order chi connectivity index (χ0) is 24.5. The van der Waals surface area contributed by atoms with Crippen LogP contribution in [0.2, 0.25) is 5.02 Å². The van der Waals surface area contributed by atoms with Crippen molar-refractivity contribution in [2.75, 3.05) is 6.61 Å². The average molecular weight is 492 g/mol. The molecule has 1 atom stereocenters. The topological polar surface area (TPSA) is 85.7 Å². The minimum Gasteiger partial charge on any atom is -0.493 e. The van der Waals surface area contributed by atoms with Gasteiger partial charge in [-0.25, -0.2) is 4.39 Å². The molecular formula is C27H19ClFNO5. The highest BCUT2D eigenvalue weighted by molar-refractivity contribution is 6.32. The second-order valence-electron chi connectivity index (χ2n) is 8.21. The summed E-state index contributed by atoms with van der Waals surface area (Å²) in [6, 6.07) is 17.5. The van der Waals surface area contributed by atoms with Gasteiger partial charge < -0.3 is 14.6 Å². The molecule has 0 spiro atoms. The molecule has 176 valence electrons. The number of carboxylic acid groups (broad SMARTS) is 1. The van der Waals surface area contributed by atoms with Gasteiger partial charge in [0.1, 0.15) is 23.1 Å². The first-order chi connectivity index (χ1) is 16.9. The lowest BCUT2D eigenvalue weighted by Crippen LogP contribution is -2.20. The van der Waals surface area contributed by atoms with Crippen molar-refractivity contribution in [1.82, 2.24) is 4.98 Å². The highest BCUT2D eigenvalue weighted by atomic mass is 35.5. The number of aromatic nitrogens is 1. The van der Waals surface area contributed by atoms with Crippen molar-refractivity contribution < 1.29 is 28.6 Å². The number of carbonyl (C=O) groups excluding carboxylic acids is 1. The van der Waals surface area contributed by atoms with Crippen LogP contribution in [0.4, 0.5) is 4.39 Å². The summed E-state index contributed by atoms with van der Waals surface area (Å²) in [6.07, 6.45) is 0.480. The fraction of sp³-hybridized carbons (Fsp3) is 0.148. The summed E-state index contributed by atoms with van der Waals surface area (Å²) in [5.74, 6) is -0.835. The quantitative estimate of drug-likeness (QED) is 0.323. The van der Waals surface area contributed by atoms with Crippen molar-refractivity contribution >= 4 is 34.3 Å². The molecule has 1 N–H and O–H groups in total. The molecule has 6 nitrogen and oxygen atoms in total. The molecule has 3 aromatic carbocycles. The molecule has 0 saturated carbocycles. The maximum atomic E-state index is 13.4. The first kappa shape index (κ1) is 22.8. The molecular weight excluding hydrogens is 473 g/mol. The summed E-state index contributed by atoms with van der Waals surface area (Å²) < 4.78 is 24.8. The molecule has 35 heavy (non-hydrogen) atoms. The lowest BCUT2D eigenvalue weighted by molar-refractivity contribution is -0.139. The van der Waals surface area contributed by atoms with E-state index in [1.54, 1.807) is 54.6 Å². The van der Waals surface area contributed by atoms with Gasteiger partial charge in [-0.3, -0.25) is 14.6 Å². The molecule has 5 rings (SSSR count). The van der Waals surface area contributed by atoms with E-state index in [-0.39, 0.29) is 23.0 Å². The normalized spacial score (nSPS) is 14.7. The van der Waals surface area contributed by atoms with Crippen molar-refractivity contribution in [3.8, 4) is 17.2 Å². The molecule has 0 amide bonds. The Hall–Kier alpha value is -3.97. The van der Waals surface area contributed by atoms with Gasteiger partial charge in [0.25, 0.3) is 0 Å². The van der Waals surface area contributed by atoms with E-state index in [4.69, 9.17) is 21.1 Å². The second-order valence-corrected chi connectivity index (χ2v) is 8.62. The van der Waals surface area contributed by atoms with Crippen molar-refractivity contribution in [2.24, 2.45) is 0 Å². The molecule has 0 bridgehead atoms. The van der Waals surface area contributed by atoms with E-state index < -0.39 is 11.9 Å². The van der Waals surface area contributed by atoms with Crippen LogP contribution in [0.25, 0.3) is 10.9 Å². The molecule has 0 aliphatic carbocycles. The van der Waals surface area contributed by atoms with Gasteiger partial charge >= 0.3 is 5.97 Å². The van der Waals surface area contributed by atoms with E-state index >= 15 is 0 Å². The predicted octanol–water partition coefficient (Wildman–Crippen LogP) is 6.20. The molecule has 4 aromatic rings. The lowest BCUT2D eigenvalue weighted by Gasteiger charge is -2.24. The number of benzene rings is 3. The minimum atomic E-state index is -0.924. The Bertz CT molecular complexity index is 1450. The highest BCUT2D eigenvalue weighted by Crippen LogP contribution is 2.41. The Kier molecular flexibility index (Phi) is 6.09. The Morgan fingerprint density at radius 3 is 2.66 bits per heavy atom. The number of ketones is 1. The summed E-state index contributed by atoms with van der Waals surface area (Å²) in [7, 11) is 0. The molecule has 1 aliphatic rings. The lowest BCUT2D eigenvalue weighted by atomic mass is 9.93. The number of hydrogen-bond donors (Lipinski definition) is 1. The van der Waals surface area contributed by atoms with Crippen LogP contribution in [0.3, 0.4) is 0 Å². The van der Waals surface area contributed by atoms with Crippen molar-refractivity contribution in [3.05, 3.63) is 94.4 Å². The van der Waals surface area contributed by atoms with Gasteiger partial charge in [0, 0.05) is 28.3 Å². The third kappa shape index (κ3) is 4.81. The van der Waals surface area contributed by atoms with E-state index in [9.17, 15) is 19.1 Å². The number of aliphatic carboxylic acids is 1. The summed E-state index contributed by atoms with van der Waals surface area (Å²) in [5, 5.41) is 10.4. The van der Waals surface area contributed by atoms with Crippen LogP contribution in [-0.2, 0) is 11.2 Å². The summed E-state index contributed by atoms with van der Waals surface area (Å²) in [5.41, 5.74) is 2.23. The largest absolute Gasteiger partial charge is 0.493 e. The molecule has 0 fully saturated rings. The number of halogens is 2. The SMILES string of the molecule is O=C(Cc1ccc2cc(F)ccc2n1)c1ccc(Oc2cc3c(cc2Cl)C(C(=O)O)CCO3)cc1. The third-order valence-electron chi connectivity index (χ3n) is 5.86. The van der Waals surface area contributed by atoms with E-state index in [0.29, 0.717) is 58.0 Å². The number of ether oxygens (including phenoxy) is 2. The maximum absolute atomic E-state index is 13.4. The smallest absolute Gasteiger partial charge is 0.311 e. The maximum Gasteiger partial charge on any atom is 0.311 e. The van der Waals surface area contributed by atoms with Crippen LogP contribution in [0, 0.1) is 5.82 Å². The Labute approximate surface area is 204 Å². The van der Waals surface area contributed by atoms with Gasteiger partial charge in [0.15, 0.2) is 5.78 Å². The average Bonchev–Trinajstić information content (AvgIpc) is 2.84. The van der Waals surface area contributed by atoms with E-state index in [0.717, 1.165) is 0 Å². The van der Waals surface area contributed by atoms with Crippen LogP contribution in [-0.4, -0.2) is 28.4 Å². The minimum absolute atomic E-state index is 0.103. The van der Waals surface area contributed by atoms with Crippen LogP contribution in [0.15, 0.2) is 66.7 Å². The van der Waals surface area contributed by atoms with Crippen LogP contribution >= 0.6 is 11.6 Å². The first-order valence-electron chi connectivity index (χ1n) is 10.9. The van der Waals surface area contributed by atoms with Gasteiger partial charge in [-0.2, -0.15) is 0 Å². The van der Waals surface area contributed by atoms with Crippen LogP contribution in [0.1, 0.15) is 34.0 Å². The van der Waals surface area contributed by atoms with Gasteiger partial charge in [-0.1, -0.05) is 17.7 Å². The van der Waals surface area contributed by atoms with Crippen LogP contribution in [0.5, 0.6) is 17.2 Å². The number of hydrogen-bond acceptors (Lipinski definition) is 5. The molecule has 8 heteroatoms. The molecule has 0 radical (unpaired) electrons. The Balaban J connectivity index is 1.30. The monoisotopic (exact) mass is 491 g/mol. The number of pyridine rings is 1. The summed E-state index contributed by atoms with van der Waals surface area (Å²) in [6.45, 7) is 0.296. The first-order valence-corrected chi connectivity index (χ1v) is 11.3. The Morgan fingerprint density at radius 2 is 1.89 bits per heavy atom. The fourth-order valence-electron chi connectivity index (χ4n) is 4.06. The number of Topliss-reactive ketones (excluding diaryl/α,β-unsaturated/α-hetero) is 1. The molecule has 1 aromatic heterocycles. The number of nitrogens with zero attached hydrogens (tertiary/aromatic N) is 1. The molecule has 2 heterocycles. The van der Waals surface area contributed by atoms with E-state index in [1.807, 2.05) is 0 Å². The summed E-state index contributed by atoms with van der Waals surface area (Å²) in [4.78, 5) is 28.7. The number of carbonyl (C=O) groups is 2. The van der Waals surface area contributed by atoms with Gasteiger partial charge in [0.2, 0.25) is 0 Å². The van der Waals surface area contributed by atoms with Crippen molar-refractivity contribution in [2.45, 2.75) is 18.8 Å². The molecule has 1 aliphatic heterocycles. The van der Waals surface area contributed by atoms with Gasteiger partial charge in [-0.05, 0) is 61.0 Å². The standard InChI is InChI=1S/C27H19ClFNO5/c28-22-13-21-20(27(32)33)9-10-34-25(21)14-26(22)35-19-6-2-15(3-7-19)24(31)12-18-5-1-16-11-17(29)4-8-23(16)30-18/h1-8,11,13-14,20H,9-10,12H2,(H,32,33). The number of fused-ring (bicyclic) bond motifs is 2. The number of rotatable bonds is 6. The number of carboxylic acids is 1. The van der Waals surface area contributed by atoms with Crippen molar-refractivity contribution in [1.29, 1.82) is 0 Å². The van der Waals surface area contributed by atoms with Crippen molar-refractivity contribution in [3.63, 3.8) is 0 Å². The Morgan fingerprint density at radius 1 is 1.09 bits per heavy atom. The second kappa shape index (κ2) is 9.35. The van der Waals surface area contributed by atoms with Gasteiger partial charge in [-0.15, -0.1) is 0 Å². The van der Waals surface area contributed by atoms with Crippen LogP contribution < -0.4 is 9.47 Å². The predicted molar refractivity (Wildman–Crippen MR) is 128 cm³/mol. The zero-order valence-electron chi connectivity index (χ0n) is 18.3. The third-order valence-corrected chi connectivity index (χ3v) is 6.15. The van der Waals surface area contributed by atoms with E-state index in [1.165, 1.54) is 12.1 Å². The zero-order valence-corrected chi connectivity index (χ0v) is 19.1. The fourth-order valence-corrected chi connectivity index (χ4v) is 4.27. The summed E-state index contributed by atoms with van der Waals surface area (Å²) >= 11 is 6.35. The van der Waals surface area contributed by atoms with E-state index in [2.05, 4.69) is 4.98 Å². The molecule has 0 saturated heterocycles. The highest BCUT2D eigenvalue weighted by Gasteiger charge is 2.29.